The summed E-state index contributed by atoms with van der Waals surface area (Å²) >= 11 is 0. The van der Waals surface area contributed by atoms with Gasteiger partial charge >= 0.3 is 6.03 Å². The van der Waals surface area contributed by atoms with Crippen molar-refractivity contribution in [2.24, 2.45) is 0 Å². The van der Waals surface area contributed by atoms with Gasteiger partial charge in [-0.1, -0.05) is 6.07 Å². The van der Waals surface area contributed by atoms with E-state index in [4.69, 9.17) is 4.74 Å². The number of hydrogen-bond acceptors (Lipinski definition) is 4. The van der Waals surface area contributed by atoms with Crippen LogP contribution in [-0.2, 0) is 15.1 Å². The van der Waals surface area contributed by atoms with E-state index in [0.717, 1.165) is 4.90 Å². The molecule has 2 heterocycles. The number of nitrogens with zero attached hydrogens (tertiary/aromatic N) is 2. The molecule has 0 bridgehead atoms. The van der Waals surface area contributed by atoms with Crippen LogP contribution in [0.4, 0.5) is 4.79 Å². The molecule has 1 aromatic heterocycles. The summed E-state index contributed by atoms with van der Waals surface area (Å²) in [6.45, 7) is 2.21. The maximum atomic E-state index is 12.3. The average molecular weight is 249 g/mol. The molecule has 1 atom stereocenters. The fourth-order valence-electron chi connectivity index (χ4n) is 1.91. The largest absolute Gasteiger partial charge is 0.383 e. The molecule has 1 aliphatic rings. The number of amides is 3. The lowest BCUT2D eigenvalue weighted by atomic mass is 9.97. The summed E-state index contributed by atoms with van der Waals surface area (Å²) in [7, 11) is 1.52. The maximum Gasteiger partial charge on any atom is 0.325 e. The van der Waals surface area contributed by atoms with Crippen molar-refractivity contribution in [2.45, 2.75) is 12.5 Å². The van der Waals surface area contributed by atoms with Gasteiger partial charge in [0.05, 0.1) is 18.8 Å². The Bertz CT molecular complexity index is 463. The number of ether oxygens (including phenoxy) is 1. The van der Waals surface area contributed by atoms with Crippen molar-refractivity contribution < 1.29 is 14.3 Å². The summed E-state index contributed by atoms with van der Waals surface area (Å²) in [4.78, 5) is 29.4. The summed E-state index contributed by atoms with van der Waals surface area (Å²) in [6, 6.07) is 4.85. The van der Waals surface area contributed by atoms with E-state index in [2.05, 4.69) is 10.3 Å². The lowest BCUT2D eigenvalue weighted by molar-refractivity contribution is -0.131. The van der Waals surface area contributed by atoms with Gasteiger partial charge in [0.25, 0.3) is 5.91 Å². The zero-order valence-corrected chi connectivity index (χ0v) is 10.3. The second kappa shape index (κ2) is 4.73. The molecule has 96 valence electrons. The highest BCUT2D eigenvalue weighted by Gasteiger charge is 2.49. The van der Waals surface area contributed by atoms with E-state index in [1.807, 2.05) is 0 Å². The van der Waals surface area contributed by atoms with E-state index < -0.39 is 11.6 Å². The lowest BCUT2D eigenvalue weighted by Crippen LogP contribution is -2.41. The Morgan fingerprint density at radius 3 is 2.83 bits per heavy atom. The molecule has 0 aliphatic carbocycles. The van der Waals surface area contributed by atoms with Gasteiger partial charge < -0.3 is 10.1 Å². The zero-order valence-electron chi connectivity index (χ0n) is 10.3. The molecule has 18 heavy (non-hydrogen) atoms. The van der Waals surface area contributed by atoms with Crippen molar-refractivity contribution in [3.63, 3.8) is 0 Å². The van der Waals surface area contributed by atoms with Crippen LogP contribution in [-0.4, -0.2) is 42.1 Å². The highest BCUT2D eigenvalue weighted by Crippen LogP contribution is 2.26. The lowest BCUT2D eigenvalue weighted by Gasteiger charge is -2.20. The fourth-order valence-corrected chi connectivity index (χ4v) is 1.91. The van der Waals surface area contributed by atoms with Crippen LogP contribution in [0.15, 0.2) is 24.4 Å². The predicted molar refractivity (Wildman–Crippen MR) is 63.7 cm³/mol. The molecule has 6 heteroatoms. The Hall–Kier alpha value is -1.95. The van der Waals surface area contributed by atoms with Crippen molar-refractivity contribution in [3.8, 4) is 0 Å². The minimum absolute atomic E-state index is 0.240. The van der Waals surface area contributed by atoms with Crippen LogP contribution >= 0.6 is 0 Å². The fraction of sp³-hybridized carbons (Fsp3) is 0.417. The Morgan fingerprint density at radius 2 is 2.22 bits per heavy atom. The van der Waals surface area contributed by atoms with Gasteiger partial charge in [-0.3, -0.25) is 14.7 Å². The number of aromatic nitrogens is 1. The molecule has 2 rings (SSSR count). The number of carbonyl (C=O) groups is 2. The number of methoxy groups -OCH3 is 1. The van der Waals surface area contributed by atoms with E-state index in [9.17, 15) is 9.59 Å². The monoisotopic (exact) mass is 249 g/mol. The van der Waals surface area contributed by atoms with Crippen molar-refractivity contribution in [3.05, 3.63) is 30.1 Å². The van der Waals surface area contributed by atoms with Crippen molar-refractivity contribution in [1.82, 2.24) is 15.2 Å². The molecule has 1 fully saturated rings. The van der Waals surface area contributed by atoms with Crippen molar-refractivity contribution >= 4 is 11.9 Å². The van der Waals surface area contributed by atoms with Gasteiger partial charge in [-0.15, -0.1) is 0 Å². The highest BCUT2D eigenvalue weighted by molar-refractivity contribution is 6.06. The van der Waals surface area contributed by atoms with Gasteiger partial charge in [0.2, 0.25) is 0 Å². The number of hydrogen-bond donors (Lipinski definition) is 1. The summed E-state index contributed by atoms with van der Waals surface area (Å²) in [5.41, 5.74) is -0.560. The van der Waals surface area contributed by atoms with Gasteiger partial charge in [0.1, 0.15) is 0 Å². The topological polar surface area (TPSA) is 71.5 Å². The highest BCUT2D eigenvalue weighted by atomic mass is 16.5. The van der Waals surface area contributed by atoms with Gasteiger partial charge in [-0.2, -0.15) is 0 Å². The van der Waals surface area contributed by atoms with Gasteiger partial charge in [-0.25, -0.2) is 4.79 Å². The average Bonchev–Trinajstić information content (AvgIpc) is 2.60. The predicted octanol–water partition coefficient (Wildman–Crippen LogP) is 0.495. The molecule has 0 unspecified atom stereocenters. The number of urea groups is 1. The molecular weight excluding hydrogens is 234 g/mol. The van der Waals surface area contributed by atoms with E-state index >= 15 is 0 Å². The summed E-state index contributed by atoms with van der Waals surface area (Å²) in [5.74, 6) is -0.303. The molecule has 3 amide bonds. The Balaban J connectivity index is 2.26. The van der Waals surface area contributed by atoms with E-state index in [-0.39, 0.29) is 12.5 Å². The van der Waals surface area contributed by atoms with E-state index in [1.54, 1.807) is 31.3 Å². The van der Waals surface area contributed by atoms with Crippen LogP contribution < -0.4 is 5.32 Å². The van der Waals surface area contributed by atoms with Gasteiger partial charge in [0, 0.05) is 13.3 Å². The minimum atomic E-state index is -1.09. The molecule has 1 N–H and O–H groups in total. The molecule has 0 spiro atoms. The second-order valence-electron chi connectivity index (χ2n) is 4.22. The maximum absolute atomic E-state index is 12.3. The van der Waals surface area contributed by atoms with Crippen LogP contribution in [0.1, 0.15) is 12.6 Å². The number of pyridine rings is 1. The third kappa shape index (κ3) is 1.95. The first-order chi connectivity index (χ1) is 8.59. The minimum Gasteiger partial charge on any atom is -0.383 e. The molecule has 1 saturated heterocycles. The second-order valence-corrected chi connectivity index (χ2v) is 4.22. The first-order valence-corrected chi connectivity index (χ1v) is 5.64. The number of rotatable bonds is 4. The third-order valence-corrected chi connectivity index (χ3v) is 2.97. The quantitative estimate of drug-likeness (QED) is 0.788. The summed E-state index contributed by atoms with van der Waals surface area (Å²) in [6.07, 6.45) is 1.60. The van der Waals surface area contributed by atoms with Crippen LogP contribution in [0, 0.1) is 0 Å². The SMILES string of the molecule is COCCN1C(=O)N[C@](C)(c2ccccn2)C1=O. The van der Waals surface area contributed by atoms with Crippen LogP contribution in [0.5, 0.6) is 0 Å². The summed E-state index contributed by atoms with van der Waals surface area (Å²) < 4.78 is 4.88. The standard InChI is InChI=1S/C12H15N3O3/c1-12(9-5-3-4-6-13-9)10(16)15(7-8-18-2)11(17)14-12/h3-6H,7-8H2,1-2H3,(H,14,17)/t12-/m1/s1. The zero-order chi connectivity index (χ0) is 13.2. The Morgan fingerprint density at radius 1 is 1.44 bits per heavy atom. The Labute approximate surface area is 105 Å². The van der Waals surface area contributed by atoms with Crippen LogP contribution in [0.2, 0.25) is 0 Å². The molecule has 0 radical (unpaired) electrons. The summed E-state index contributed by atoms with van der Waals surface area (Å²) in [5, 5.41) is 2.67. The normalized spacial score (nSPS) is 23.3. The van der Waals surface area contributed by atoms with E-state index in [1.165, 1.54) is 7.11 Å². The molecular formula is C12H15N3O3. The first-order valence-electron chi connectivity index (χ1n) is 5.64. The Kier molecular flexibility index (Phi) is 3.29. The number of nitrogens with one attached hydrogen (secondary N) is 1. The molecule has 1 aliphatic heterocycles. The number of carbonyl (C=O) groups excluding carboxylic acids is 2. The first kappa shape index (κ1) is 12.5. The van der Waals surface area contributed by atoms with Crippen LogP contribution in [0.3, 0.4) is 0 Å². The van der Waals surface area contributed by atoms with E-state index in [0.29, 0.717) is 12.3 Å². The number of imide groups is 1. The van der Waals surface area contributed by atoms with Crippen molar-refractivity contribution in [1.29, 1.82) is 0 Å². The third-order valence-electron chi connectivity index (χ3n) is 2.97. The van der Waals surface area contributed by atoms with Crippen LogP contribution in [0.25, 0.3) is 0 Å². The van der Waals surface area contributed by atoms with Crippen molar-refractivity contribution in [2.75, 3.05) is 20.3 Å². The molecule has 6 nitrogen and oxygen atoms in total. The molecule has 0 aromatic carbocycles. The molecule has 0 saturated carbocycles. The van der Waals surface area contributed by atoms with Gasteiger partial charge in [0.15, 0.2) is 5.54 Å². The van der Waals surface area contributed by atoms with Gasteiger partial charge in [-0.05, 0) is 19.1 Å². The molecule has 1 aromatic rings. The smallest absolute Gasteiger partial charge is 0.325 e.